The van der Waals surface area contributed by atoms with Crippen molar-refractivity contribution in [1.82, 2.24) is 0 Å². The maximum Gasteiger partial charge on any atom is 0.305 e. The van der Waals surface area contributed by atoms with Crippen molar-refractivity contribution in [3.8, 4) is 0 Å². The Kier molecular flexibility index (Phi) is 9.65. The second kappa shape index (κ2) is 19.5. The number of carbonyl (C=O) groups is 1. The van der Waals surface area contributed by atoms with Crippen LogP contribution in [-0.2, 0) is 9.53 Å². The maximum absolute atomic E-state index is 11.3. The lowest BCUT2D eigenvalue weighted by molar-refractivity contribution is -0.143. The van der Waals surface area contributed by atoms with Crippen molar-refractivity contribution in [2.75, 3.05) is 6.61 Å². The van der Waals surface area contributed by atoms with E-state index in [-0.39, 0.29) is 86.5 Å². The molecule has 0 aliphatic rings. The Labute approximate surface area is 160 Å². The van der Waals surface area contributed by atoms with Gasteiger partial charge in [-0.05, 0) is 51.9 Å². The van der Waals surface area contributed by atoms with Crippen LogP contribution in [0, 0.1) is 0 Å². The largest absolute Gasteiger partial charge is 0.466 e. The van der Waals surface area contributed by atoms with E-state index in [0.29, 0.717) is 19.4 Å². The van der Waals surface area contributed by atoms with Crippen LogP contribution in [0.2, 0.25) is 0 Å². The molecule has 0 aromatic carbocycles. The van der Waals surface area contributed by atoms with Crippen LogP contribution in [0.5, 0.6) is 0 Å². The van der Waals surface area contributed by atoms with Gasteiger partial charge >= 0.3 is 5.97 Å². The van der Waals surface area contributed by atoms with Gasteiger partial charge in [0.1, 0.15) is 0 Å². The van der Waals surface area contributed by atoms with E-state index in [0.717, 1.165) is 19.3 Å². The van der Waals surface area contributed by atoms with Crippen molar-refractivity contribution in [2.24, 2.45) is 0 Å². The number of esters is 1. The number of hydrogen-bond donors (Lipinski definition) is 0. The summed E-state index contributed by atoms with van der Waals surface area (Å²) in [5, 5.41) is 0. The highest BCUT2D eigenvalue weighted by atomic mass is 16.5. The van der Waals surface area contributed by atoms with Crippen LogP contribution in [0.15, 0.2) is 48.4 Å². The van der Waals surface area contributed by atoms with Crippen LogP contribution in [-0.4, -0.2) is 12.6 Å². The number of carbonyl (C=O) groups excluding carboxylic acids is 1. The summed E-state index contributed by atoms with van der Waals surface area (Å²) >= 11 is 0. The van der Waals surface area contributed by atoms with E-state index in [1.807, 2.05) is 0 Å². The lowest BCUT2D eigenvalue weighted by atomic mass is 10.2. The van der Waals surface area contributed by atoms with E-state index in [9.17, 15) is 4.79 Å². The Morgan fingerprint density at radius 2 is 1.29 bits per heavy atom. The van der Waals surface area contributed by atoms with Crippen LogP contribution >= 0.6 is 0 Å². The highest BCUT2D eigenvalue weighted by Crippen LogP contribution is 2.02. The molecule has 0 amide bonds. The molecule has 2 nitrogen and oxygen atoms in total. The van der Waals surface area contributed by atoms with Crippen LogP contribution in [0.4, 0.5) is 0 Å². The van der Waals surface area contributed by atoms with Gasteiger partial charge in [-0.1, -0.05) is 68.2 Å². The summed E-state index contributed by atoms with van der Waals surface area (Å²) in [7, 11) is 0. The monoisotopic (exact) mass is 348 g/mol. The molecule has 0 saturated heterocycles. The van der Waals surface area contributed by atoms with Crippen molar-refractivity contribution < 1.29 is 20.5 Å². The summed E-state index contributed by atoms with van der Waals surface area (Å²) in [5.74, 6) is -0.355. The van der Waals surface area contributed by atoms with Gasteiger partial charge in [0, 0.05) is 6.42 Å². The smallest absolute Gasteiger partial charge is 0.305 e. The molecule has 136 valence electrons. The van der Waals surface area contributed by atoms with Gasteiger partial charge in [-0.25, -0.2) is 0 Å². The van der Waals surface area contributed by atoms with E-state index in [1.54, 1.807) is 6.92 Å². The molecule has 0 aliphatic heterocycles. The van der Waals surface area contributed by atoms with Crippen LogP contribution < -0.4 is 0 Å². The third-order valence-electron chi connectivity index (χ3n) is 2.92. The quantitative estimate of drug-likeness (QED) is 0.187. The Morgan fingerprint density at radius 1 is 0.792 bits per heavy atom. The van der Waals surface area contributed by atoms with Gasteiger partial charge in [-0.2, -0.15) is 0 Å². The van der Waals surface area contributed by atoms with Gasteiger partial charge < -0.3 is 4.74 Å². The van der Waals surface area contributed by atoms with Gasteiger partial charge in [0.15, 0.2) is 0 Å². The summed E-state index contributed by atoms with van der Waals surface area (Å²) in [6.07, 6.45) is 3.35. The molecule has 0 unspecified atom stereocenters. The number of unbranched alkanes of at least 4 members (excludes halogenated alkanes) is 2. The Balaban J connectivity index is 4.95. The van der Waals surface area contributed by atoms with E-state index in [2.05, 4.69) is 6.92 Å². The number of allylic oxidation sites excluding steroid dienone is 8. The van der Waals surface area contributed by atoms with Crippen molar-refractivity contribution in [1.29, 1.82) is 0 Å². The zero-order valence-corrected chi connectivity index (χ0v) is 15.1. The molecular formula is C22H36O2. The summed E-state index contributed by atoms with van der Waals surface area (Å²) in [6.45, 7) is 4.05. The van der Waals surface area contributed by atoms with Crippen molar-refractivity contribution in [3.05, 3.63) is 48.4 Å². The molecule has 0 saturated carbocycles. The first-order valence-electron chi connectivity index (χ1n) is 12.8. The average molecular weight is 349 g/mol. The molecule has 0 radical (unpaired) electrons. The molecule has 0 spiro atoms. The fourth-order valence-corrected chi connectivity index (χ4v) is 1.70. The van der Waals surface area contributed by atoms with E-state index in [1.165, 1.54) is 0 Å². The van der Waals surface area contributed by atoms with Crippen molar-refractivity contribution in [3.63, 3.8) is 0 Å². The molecule has 24 heavy (non-hydrogen) atoms. The van der Waals surface area contributed by atoms with Crippen molar-refractivity contribution in [2.45, 2.75) is 78.1 Å². The highest BCUT2D eigenvalue weighted by molar-refractivity contribution is 5.69. The molecule has 0 fully saturated rings. The summed E-state index contributed by atoms with van der Waals surface area (Å²) < 4.78 is 68.4. The second-order valence-corrected chi connectivity index (χ2v) is 5.06. The van der Waals surface area contributed by atoms with Gasteiger partial charge in [-0.3, -0.25) is 4.79 Å². The fraction of sp³-hybridized carbons (Fsp3) is 0.591. The predicted octanol–water partition coefficient (Wildman–Crippen LogP) is 6.70. The van der Waals surface area contributed by atoms with Crippen LogP contribution in [0.25, 0.3) is 0 Å². The van der Waals surface area contributed by atoms with Crippen molar-refractivity contribution >= 4 is 5.97 Å². The van der Waals surface area contributed by atoms with Crippen LogP contribution in [0.1, 0.15) is 89.0 Å². The minimum atomic E-state index is -0.355. The van der Waals surface area contributed by atoms with E-state index in [4.69, 9.17) is 15.7 Å². The molecule has 0 aromatic rings. The lowest BCUT2D eigenvalue weighted by Gasteiger charge is -1.98. The molecule has 0 aromatic heterocycles. The third kappa shape index (κ3) is 18.5. The molecule has 0 aliphatic carbocycles. The predicted molar refractivity (Wildman–Crippen MR) is 105 cm³/mol. The van der Waals surface area contributed by atoms with Crippen LogP contribution in [0.3, 0.4) is 0 Å². The highest BCUT2D eigenvalue weighted by Gasteiger charge is 1.98. The topological polar surface area (TPSA) is 26.3 Å². The number of hydrogen-bond acceptors (Lipinski definition) is 2. The molecule has 2 heteroatoms. The van der Waals surface area contributed by atoms with Gasteiger partial charge in [0.25, 0.3) is 0 Å². The summed E-state index contributed by atoms with van der Waals surface area (Å²) in [5.41, 5.74) is 0. The fourth-order valence-electron chi connectivity index (χ4n) is 1.70. The first kappa shape index (κ1) is 11.9. The summed E-state index contributed by atoms with van der Waals surface area (Å²) in [6, 6.07) is -0.739. The standard InChI is InChI=1S/C22H36O2/c1-3-5-6-7-8-9-10-11-12-13-14-15-16-17-18-19-20-21-22(23)24-4-2/h8-9,11-12,14-15,17-18H,3-7,10,13,16,19-21H2,1-2H3/b9-8-,12-11-,15-14-,18-17-/i8T,9T,11T,12T,14T,15T,17T,18T. The van der Waals surface area contributed by atoms with E-state index < -0.39 is 0 Å². The maximum atomic E-state index is 11.3. The van der Waals surface area contributed by atoms with Gasteiger partial charge in [-0.15, -0.1) is 0 Å². The Hall–Kier alpha value is -1.57. The Bertz CT molecular complexity index is 738. The number of ether oxygens (including phenoxy) is 1. The second-order valence-electron chi connectivity index (χ2n) is 5.06. The number of rotatable bonds is 15. The molecule has 0 atom stereocenters. The zero-order chi connectivity index (χ0) is 24.7. The SMILES string of the molecule is [3H]/C(CCCCC)=C(\[3H])C/C([3H])=C(/[3H])C/C([3H])=C(/[3H])C/C([3H])=C(/[3H])CCCC(=O)OCC. The average Bonchev–Trinajstić information content (AvgIpc) is 2.73. The van der Waals surface area contributed by atoms with Gasteiger partial charge in [0.2, 0.25) is 0 Å². The Morgan fingerprint density at radius 3 is 1.79 bits per heavy atom. The summed E-state index contributed by atoms with van der Waals surface area (Å²) in [4.78, 5) is 11.3. The molecule has 0 bridgehead atoms. The first-order chi connectivity index (χ1) is 15.0. The van der Waals surface area contributed by atoms with Gasteiger partial charge in [0.05, 0.1) is 17.6 Å². The minimum absolute atomic E-state index is 0.00416. The molecule has 0 rings (SSSR count). The zero-order valence-electron chi connectivity index (χ0n) is 23.1. The lowest BCUT2D eigenvalue weighted by Crippen LogP contribution is -2.02. The molecule has 0 heterocycles. The minimum Gasteiger partial charge on any atom is -0.466 e. The first-order valence-corrected chi connectivity index (χ1v) is 8.79. The third-order valence-corrected chi connectivity index (χ3v) is 2.92. The van der Waals surface area contributed by atoms with E-state index >= 15 is 0 Å². The molecule has 0 N–H and O–H groups in total. The molecular weight excluding hydrogens is 296 g/mol. The normalized spacial score (nSPS) is 20.2.